The summed E-state index contributed by atoms with van der Waals surface area (Å²) in [6, 6.07) is 1.60. The fraction of sp³-hybridized carbons (Fsp3) is 0.286. The van der Waals surface area contributed by atoms with Gasteiger partial charge >= 0.3 is 5.97 Å². The van der Waals surface area contributed by atoms with Crippen LogP contribution in [0.3, 0.4) is 0 Å². The third-order valence-electron chi connectivity index (χ3n) is 1.23. The van der Waals surface area contributed by atoms with Gasteiger partial charge in [-0.05, 0) is 0 Å². The van der Waals surface area contributed by atoms with Gasteiger partial charge < -0.3 is 10.5 Å². The summed E-state index contributed by atoms with van der Waals surface area (Å²) in [6.07, 6.45) is 1.36. The minimum absolute atomic E-state index is 0.229. The van der Waals surface area contributed by atoms with Crippen LogP contribution < -0.4 is 5.73 Å². The number of esters is 1. The van der Waals surface area contributed by atoms with E-state index in [1.807, 2.05) is 0 Å². The highest BCUT2D eigenvalue weighted by molar-refractivity contribution is 7.99. The number of nitrogens with zero attached hydrogens (tertiary/aromatic N) is 2. The van der Waals surface area contributed by atoms with Crippen LogP contribution in [0.15, 0.2) is 17.4 Å². The van der Waals surface area contributed by atoms with Gasteiger partial charge in [0.05, 0.1) is 12.9 Å². The number of carbonyl (C=O) groups is 1. The van der Waals surface area contributed by atoms with Crippen LogP contribution in [-0.4, -0.2) is 28.8 Å². The Bertz CT molecular complexity index is 306. The van der Waals surface area contributed by atoms with Crippen molar-refractivity contribution < 1.29 is 9.53 Å². The fourth-order valence-corrected chi connectivity index (χ4v) is 1.33. The largest absolute Gasteiger partial charge is 0.468 e. The Kier molecular flexibility index (Phi) is 3.51. The lowest BCUT2D eigenvalue weighted by atomic mass is 10.6. The maximum Gasteiger partial charge on any atom is 0.316 e. The second kappa shape index (κ2) is 4.66. The molecule has 0 aliphatic carbocycles. The van der Waals surface area contributed by atoms with Gasteiger partial charge in [0.15, 0.2) is 0 Å². The molecule has 5 nitrogen and oxygen atoms in total. The molecule has 0 saturated heterocycles. The summed E-state index contributed by atoms with van der Waals surface area (Å²) < 4.78 is 4.47. The highest BCUT2D eigenvalue weighted by Crippen LogP contribution is 2.15. The molecular formula is C7H9N3O2S. The zero-order valence-electron chi connectivity index (χ0n) is 7.06. The van der Waals surface area contributed by atoms with Crippen molar-refractivity contribution in [2.75, 3.05) is 18.6 Å². The topological polar surface area (TPSA) is 78.1 Å². The molecule has 0 aliphatic rings. The molecule has 1 heterocycles. The zero-order valence-corrected chi connectivity index (χ0v) is 7.87. The number of anilines is 1. The molecule has 6 heteroatoms. The molecule has 2 N–H and O–H groups in total. The molecule has 0 atom stereocenters. The van der Waals surface area contributed by atoms with E-state index in [4.69, 9.17) is 5.73 Å². The van der Waals surface area contributed by atoms with Crippen molar-refractivity contribution in [3.63, 3.8) is 0 Å². The predicted molar refractivity (Wildman–Crippen MR) is 49.2 cm³/mol. The lowest BCUT2D eigenvalue weighted by Gasteiger charge is -1.99. The standard InChI is InChI=1S/C7H9N3O2S/c1-12-7(11)3-13-6-2-5(8)9-4-10-6/h2,4H,3H2,1H3,(H2,8,9,10). The molecule has 1 aromatic rings. The van der Waals surface area contributed by atoms with Crippen LogP contribution in [-0.2, 0) is 9.53 Å². The first kappa shape index (κ1) is 9.79. The van der Waals surface area contributed by atoms with E-state index in [0.717, 1.165) is 0 Å². The Morgan fingerprint density at radius 2 is 2.46 bits per heavy atom. The lowest BCUT2D eigenvalue weighted by molar-refractivity contribution is -0.137. The van der Waals surface area contributed by atoms with Crippen molar-refractivity contribution in [2.24, 2.45) is 0 Å². The summed E-state index contributed by atoms with van der Waals surface area (Å²) in [4.78, 5) is 18.4. The molecule has 0 aliphatic heterocycles. The van der Waals surface area contributed by atoms with Gasteiger partial charge in [-0.15, -0.1) is 0 Å². The molecule has 13 heavy (non-hydrogen) atoms. The van der Waals surface area contributed by atoms with Gasteiger partial charge in [-0.25, -0.2) is 9.97 Å². The molecule has 1 aromatic heterocycles. The summed E-state index contributed by atoms with van der Waals surface area (Å²) in [6.45, 7) is 0. The van der Waals surface area contributed by atoms with Crippen molar-refractivity contribution in [1.82, 2.24) is 9.97 Å². The van der Waals surface area contributed by atoms with E-state index in [1.54, 1.807) is 6.07 Å². The molecule has 0 bridgehead atoms. The molecule has 0 fully saturated rings. The van der Waals surface area contributed by atoms with Gasteiger partial charge in [0.1, 0.15) is 17.2 Å². The van der Waals surface area contributed by atoms with Gasteiger partial charge in [0, 0.05) is 6.07 Å². The van der Waals surface area contributed by atoms with Crippen molar-refractivity contribution in [2.45, 2.75) is 5.03 Å². The first-order chi connectivity index (χ1) is 6.22. The van der Waals surface area contributed by atoms with Crippen LogP contribution in [0, 0.1) is 0 Å². The molecule has 0 aromatic carbocycles. The number of nitrogens with two attached hydrogens (primary N) is 1. The van der Waals surface area contributed by atoms with E-state index in [2.05, 4.69) is 14.7 Å². The number of ether oxygens (including phenoxy) is 1. The summed E-state index contributed by atoms with van der Waals surface area (Å²) >= 11 is 1.26. The molecule has 70 valence electrons. The average Bonchev–Trinajstić information content (AvgIpc) is 2.14. The summed E-state index contributed by atoms with van der Waals surface area (Å²) in [5.74, 6) is 0.331. The molecule has 0 spiro atoms. The molecule has 0 unspecified atom stereocenters. The highest BCUT2D eigenvalue weighted by Gasteiger charge is 2.02. The molecule has 0 amide bonds. The Morgan fingerprint density at radius 3 is 3.08 bits per heavy atom. The first-order valence-electron chi connectivity index (χ1n) is 3.49. The van der Waals surface area contributed by atoms with Crippen LogP contribution in [0.5, 0.6) is 0 Å². The van der Waals surface area contributed by atoms with Crippen molar-refractivity contribution in [3.8, 4) is 0 Å². The SMILES string of the molecule is COC(=O)CSc1cc(N)ncn1. The van der Waals surface area contributed by atoms with E-state index >= 15 is 0 Å². The number of nitrogen functional groups attached to an aromatic ring is 1. The third kappa shape index (κ3) is 3.29. The van der Waals surface area contributed by atoms with Crippen LogP contribution in [0.4, 0.5) is 5.82 Å². The molecule has 0 saturated carbocycles. The van der Waals surface area contributed by atoms with Crippen LogP contribution >= 0.6 is 11.8 Å². The summed E-state index contributed by atoms with van der Waals surface area (Å²) in [5.41, 5.74) is 5.42. The number of hydrogen-bond donors (Lipinski definition) is 1. The highest BCUT2D eigenvalue weighted by atomic mass is 32.2. The summed E-state index contributed by atoms with van der Waals surface area (Å²) in [5, 5.41) is 0.665. The third-order valence-corrected chi connectivity index (χ3v) is 2.13. The summed E-state index contributed by atoms with van der Waals surface area (Å²) in [7, 11) is 1.34. The van der Waals surface area contributed by atoms with E-state index in [9.17, 15) is 4.79 Å². The Hall–Kier alpha value is -1.30. The number of methoxy groups -OCH3 is 1. The fourth-order valence-electron chi connectivity index (χ4n) is 0.624. The Labute approximate surface area is 79.7 Å². The first-order valence-corrected chi connectivity index (χ1v) is 4.48. The average molecular weight is 199 g/mol. The minimum atomic E-state index is -0.290. The monoisotopic (exact) mass is 199 g/mol. The smallest absolute Gasteiger partial charge is 0.316 e. The quantitative estimate of drug-likeness (QED) is 0.429. The van der Waals surface area contributed by atoms with Gasteiger partial charge in [-0.2, -0.15) is 0 Å². The number of thioether (sulfide) groups is 1. The Morgan fingerprint density at radius 1 is 1.69 bits per heavy atom. The molecule has 1 rings (SSSR count). The molecular weight excluding hydrogens is 190 g/mol. The van der Waals surface area contributed by atoms with E-state index in [1.165, 1.54) is 25.2 Å². The maximum atomic E-state index is 10.8. The number of rotatable bonds is 3. The normalized spacial score (nSPS) is 9.62. The van der Waals surface area contributed by atoms with Gasteiger partial charge in [-0.1, -0.05) is 11.8 Å². The van der Waals surface area contributed by atoms with Crippen molar-refractivity contribution in [3.05, 3.63) is 12.4 Å². The van der Waals surface area contributed by atoms with Crippen LogP contribution in [0.1, 0.15) is 0 Å². The van der Waals surface area contributed by atoms with Crippen LogP contribution in [0.2, 0.25) is 0 Å². The van der Waals surface area contributed by atoms with E-state index < -0.39 is 0 Å². The lowest BCUT2D eigenvalue weighted by Crippen LogP contribution is -2.03. The number of aromatic nitrogens is 2. The maximum absolute atomic E-state index is 10.8. The number of carbonyl (C=O) groups excluding carboxylic acids is 1. The molecule has 0 radical (unpaired) electrons. The second-order valence-corrected chi connectivity index (χ2v) is 3.14. The van der Waals surface area contributed by atoms with Gasteiger partial charge in [0.25, 0.3) is 0 Å². The van der Waals surface area contributed by atoms with Gasteiger partial charge in [0.2, 0.25) is 0 Å². The van der Waals surface area contributed by atoms with Crippen molar-refractivity contribution >= 4 is 23.5 Å². The zero-order chi connectivity index (χ0) is 9.68. The Balaban J connectivity index is 2.50. The van der Waals surface area contributed by atoms with Crippen LogP contribution in [0.25, 0.3) is 0 Å². The van der Waals surface area contributed by atoms with Gasteiger partial charge in [-0.3, -0.25) is 4.79 Å². The second-order valence-electron chi connectivity index (χ2n) is 2.15. The number of hydrogen-bond acceptors (Lipinski definition) is 6. The van der Waals surface area contributed by atoms with Crippen molar-refractivity contribution in [1.29, 1.82) is 0 Å². The van der Waals surface area contributed by atoms with E-state index in [-0.39, 0.29) is 11.7 Å². The predicted octanol–water partition coefficient (Wildman–Crippen LogP) is 0.324. The minimum Gasteiger partial charge on any atom is -0.468 e. The van der Waals surface area contributed by atoms with E-state index in [0.29, 0.717) is 10.8 Å².